The van der Waals surface area contributed by atoms with E-state index in [9.17, 15) is 13.2 Å². The van der Waals surface area contributed by atoms with Crippen LogP contribution >= 0.6 is 23.2 Å². The quantitative estimate of drug-likeness (QED) is 0.342. The Balaban J connectivity index is 2.91. The Kier molecular flexibility index (Phi) is 5.35. The lowest BCUT2D eigenvalue weighted by Gasteiger charge is -2.20. The molecule has 20 heavy (non-hydrogen) atoms. The minimum atomic E-state index is -4.65. The molecule has 0 spiro atoms. The molecule has 1 rings (SSSR count). The summed E-state index contributed by atoms with van der Waals surface area (Å²) in [5.41, 5.74) is 5.98. The number of benzene rings is 1. The Morgan fingerprint density at radius 2 is 2.00 bits per heavy atom. The van der Waals surface area contributed by atoms with Crippen molar-refractivity contribution in [1.29, 1.82) is 0 Å². The van der Waals surface area contributed by atoms with Crippen LogP contribution < -0.4 is 11.1 Å². The molecular formula is C11H12Cl2F3N3O. The van der Waals surface area contributed by atoms with Crippen molar-refractivity contribution in [3.05, 3.63) is 27.7 Å². The smallest absolute Gasteiger partial charge is 0.400 e. The fourth-order valence-electron chi connectivity index (χ4n) is 1.45. The maximum Gasteiger partial charge on any atom is 0.400 e. The van der Waals surface area contributed by atoms with E-state index in [2.05, 4.69) is 10.5 Å². The van der Waals surface area contributed by atoms with Gasteiger partial charge in [0.1, 0.15) is 5.92 Å². The standard InChI is InChI=1S/C11H12Cl2F3N3O/c1-5-2-8(13)9(3-7(5)12)18-4-6(10(17)19-20)11(14,15)16/h2-3,6,18,20H,4H2,1H3,(H2,17,19). The third-order valence-electron chi connectivity index (χ3n) is 2.61. The van der Waals surface area contributed by atoms with Gasteiger partial charge in [-0.25, -0.2) is 0 Å². The molecule has 0 saturated heterocycles. The van der Waals surface area contributed by atoms with Gasteiger partial charge in [0.15, 0.2) is 5.84 Å². The van der Waals surface area contributed by atoms with Crippen molar-refractivity contribution in [1.82, 2.24) is 0 Å². The molecule has 0 aromatic heterocycles. The number of nitrogens with zero attached hydrogens (tertiary/aromatic N) is 1. The summed E-state index contributed by atoms with van der Waals surface area (Å²) in [5, 5.41) is 13.9. The van der Waals surface area contributed by atoms with Crippen LogP contribution in [0, 0.1) is 12.8 Å². The van der Waals surface area contributed by atoms with Gasteiger partial charge in [0, 0.05) is 11.6 Å². The molecule has 1 aromatic carbocycles. The van der Waals surface area contributed by atoms with E-state index in [1.165, 1.54) is 12.1 Å². The van der Waals surface area contributed by atoms with Crippen molar-refractivity contribution in [2.45, 2.75) is 13.1 Å². The minimum absolute atomic E-state index is 0.229. The van der Waals surface area contributed by atoms with Crippen LogP contribution in [0.2, 0.25) is 10.0 Å². The van der Waals surface area contributed by atoms with Crippen molar-refractivity contribution in [2.75, 3.05) is 11.9 Å². The Labute approximate surface area is 123 Å². The average Bonchev–Trinajstić information content (AvgIpc) is 2.33. The number of nitrogens with two attached hydrogens (primary N) is 1. The summed E-state index contributed by atoms with van der Waals surface area (Å²) in [5.74, 6) is -3.07. The first-order valence-corrected chi connectivity index (χ1v) is 6.16. The number of anilines is 1. The van der Waals surface area contributed by atoms with Crippen LogP contribution in [0.1, 0.15) is 5.56 Å². The highest BCUT2D eigenvalue weighted by molar-refractivity contribution is 6.35. The fourth-order valence-corrected chi connectivity index (χ4v) is 1.90. The number of oxime groups is 1. The maximum absolute atomic E-state index is 12.7. The molecule has 0 heterocycles. The highest BCUT2D eigenvalue weighted by Gasteiger charge is 2.42. The zero-order valence-electron chi connectivity index (χ0n) is 10.3. The van der Waals surface area contributed by atoms with Crippen LogP contribution in [-0.2, 0) is 0 Å². The number of hydrogen-bond donors (Lipinski definition) is 3. The molecule has 0 saturated carbocycles. The summed E-state index contributed by atoms with van der Waals surface area (Å²) >= 11 is 11.8. The summed E-state index contributed by atoms with van der Waals surface area (Å²) in [7, 11) is 0. The molecule has 4 N–H and O–H groups in total. The number of halogens is 5. The number of aryl methyl sites for hydroxylation is 1. The van der Waals surface area contributed by atoms with Gasteiger partial charge in [-0.15, -0.1) is 0 Å². The molecule has 1 atom stereocenters. The summed E-state index contributed by atoms with van der Waals surface area (Å²) < 4.78 is 38.2. The second kappa shape index (κ2) is 6.41. The number of alkyl halides is 3. The molecule has 9 heteroatoms. The van der Waals surface area contributed by atoms with Crippen molar-refractivity contribution in [3.63, 3.8) is 0 Å². The van der Waals surface area contributed by atoms with E-state index in [0.717, 1.165) is 0 Å². The van der Waals surface area contributed by atoms with Crippen molar-refractivity contribution >= 4 is 34.7 Å². The van der Waals surface area contributed by atoms with Crippen LogP contribution in [-0.4, -0.2) is 23.8 Å². The molecule has 0 fully saturated rings. The lowest BCUT2D eigenvalue weighted by atomic mass is 10.1. The molecule has 0 radical (unpaired) electrons. The zero-order chi connectivity index (χ0) is 15.5. The number of amidine groups is 1. The second-order valence-electron chi connectivity index (χ2n) is 4.08. The Hall–Kier alpha value is -1.34. The third-order valence-corrected chi connectivity index (χ3v) is 3.33. The number of nitrogens with one attached hydrogen (secondary N) is 1. The Morgan fingerprint density at radius 3 is 2.50 bits per heavy atom. The van der Waals surface area contributed by atoms with Gasteiger partial charge in [0.2, 0.25) is 0 Å². The Morgan fingerprint density at radius 1 is 1.40 bits per heavy atom. The normalized spacial score (nSPS) is 14.2. The Bertz CT molecular complexity index is 520. The SMILES string of the molecule is Cc1cc(Cl)c(NCC(/C(N)=N/O)C(F)(F)F)cc1Cl. The molecule has 0 amide bonds. The predicted molar refractivity (Wildman–Crippen MR) is 72.6 cm³/mol. The second-order valence-corrected chi connectivity index (χ2v) is 4.90. The molecule has 112 valence electrons. The fraction of sp³-hybridized carbons (Fsp3) is 0.364. The molecular weight excluding hydrogens is 318 g/mol. The molecule has 0 aliphatic heterocycles. The van der Waals surface area contributed by atoms with Crippen LogP contribution in [0.25, 0.3) is 0 Å². The molecule has 0 aliphatic rings. The number of rotatable bonds is 4. The van der Waals surface area contributed by atoms with Gasteiger partial charge in [0.25, 0.3) is 0 Å². The van der Waals surface area contributed by atoms with Crippen LogP contribution in [0.5, 0.6) is 0 Å². The third kappa shape index (κ3) is 4.08. The minimum Gasteiger partial charge on any atom is -0.409 e. The largest absolute Gasteiger partial charge is 0.409 e. The first-order chi connectivity index (χ1) is 9.16. The van der Waals surface area contributed by atoms with Gasteiger partial charge in [0.05, 0.1) is 10.7 Å². The van der Waals surface area contributed by atoms with E-state index < -0.39 is 24.5 Å². The topological polar surface area (TPSA) is 70.6 Å². The summed E-state index contributed by atoms with van der Waals surface area (Å²) in [6.07, 6.45) is -4.65. The molecule has 0 bridgehead atoms. The van der Waals surface area contributed by atoms with Gasteiger partial charge in [-0.05, 0) is 24.6 Å². The van der Waals surface area contributed by atoms with Gasteiger partial charge in [-0.2, -0.15) is 13.2 Å². The van der Waals surface area contributed by atoms with Gasteiger partial charge >= 0.3 is 6.18 Å². The highest BCUT2D eigenvalue weighted by atomic mass is 35.5. The molecule has 4 nitrogen and oxygen atoms in total. The number of hydrogen-bond acceptors (Lipinski definition) is 3. The molecule has 1 unspecified atom stereocenters. The van der Waals surface area contributed by atoms with Gasteiger partial charge < -0.3 is 16.3 Å². The van der Waals surface area contributed by atoms with Gasteiger partial charge in [-0.1, -0.05) is 28.4 Å². The summed E-state index contributed by atoms with van der Waals surface area (Å²) in [6.45, 7) is 1.09. The summed E-state index contributed by atoms with van der Waals surface area (Å²) in [6, 6.07) is 2.94. The zero-order valence-corrected chi connectivity index (χ0v) is 11.8. The van der Waals surface area contributed by atoms with E-state index in [-0.39, 0.29) is 10.7 Å². The first kappa shape index (κ1) is 16.7. The summed E-state index contributed by atoms with van der Waals surface area (Å²) in [4.78, 5) is 0. The van der Waals surface area contributed by atoms with E-state index in [0.29, 0.717) is 10.6 Å². The van der Waals surface area contributed by atoms with E-state index in [1.807, 2.05) is 0 Å². The molecule has 1 aromatic rings. The predicted octanol–water partition coefficient (Wildman–Crippen LogP) is 3.64. The van der Waals surface area contributed by atoms with Gasteiger partial charge in [-0.3, -0.25) is 0 Å². The van der Waals surface area contributed by atoms with Crippen molar-refractivity contribution < 1.29 is 18.4 Å². The van der Waals surface area contributed by atoms with E-state index in [4.69, 9.17) is 34.1 Å². The lowest BCUT2D eigenvalue weighted by Crippen LogP contribution is -2.40. The van der Waals surface area contributed by atoms with Crippen LogP contribution in [0.3, 0.4) is 0 Å². The van der Waals surface area contributed by atoms with Crippen molar-refractivity contribution in [3.8, 4) is 0 Å². The van der Waals surface area contributed by atoms with Crippen molar-refractivity contribution in [2.24, 2.45) is 16.8 Å². The monoisotopic (exact) mass is 329 g/mol. The van der Waals surface area contributed by atoms with E-state index in [1.54, 1.807) is 6.92 Å². The van der Waals surface area contributed by atoms with Crippen LogP contribution in [0.15, 0.2) is 17.3 Å². The average molecular weight is 330 g/mol. The highest BCUT2D eigenvalue weighted by Crippen LogP contribution is 2.31. The lowest BCUT2D eigenvalue weighted by molar-refractivity contribution is -0.152. The first-order valence-electron chi connectivity index (χ1n) is 5.40. The maximum atomic E-state index is 12.7. The van der Waals surface area contributed by atoms with Crippen LogP contribution in [0.4, 0.5) is 18.9 Å². The molecule has 0 aliphatic carbocycles. The van der Waals surface area contributed by atoms with E-state index >= 15 is 0 Å².